The van der Waals surface area contributed by atoms with E-state index in [9.17, 15) is 29.4 Å². The molecule has 352 valence electrons. The zero-order valence-corrected chi connectivity index (χ0v) is 40.6. The van der Waals surface area contributed by atoms with E-state index in [-0.39, 0.29) is 17.6 Å². The van der Waals surface area contributed by atoms with Crippen LogP contribution in [0.3, 0.4) is 0 Å². The summed E-state index contributed by atoms with van der Waals surface area (Å²) in [4.78, 5) is 47.9. The zero-order chi connectivity index (χ0) is 46.9. The molecule has 10 heteroatoms. The van der Waals surface area contributed by atoms with E-state index in [0.29, 0.717) is 37.0 Å². The topological polar surface area (TPSA) is 151 Å². The van der Waals surface area contributed by atoms with E-state index in [1.165, 1.54) is 30.4 Å². The third-order valence-electron chi connectivity index (χ3n) is 11.5. The van der Waals surface area contributed by atoms with Crippen molar-refractivity contribution in [2.24, 2.45) is 29.6 Å². The van der Waals surface area contributed by atoms with Crippen LogP contribution in [0, 0.1) is 29.6 Å². The van der Waals surface area contributed by atoms with Crippen LogP contribution < -0.4 is 10.6 Å². The number of alkyl carbamates (subject to hydrolysis) is 2. The number of amides is 2. The molecule has 0 aromatic heterocycles. The monoisotopic (exact) mass is 867 g/mol. The Bertz CT molecular complexity index is 1420. The number of aliphatic hydroxyl groups excluding tert-OH is 1. The number of ketones is 1. The number of ether oxygens (including phenoxy) is 2. The van der Waals surface area contributed by atoms with E-state index < -0.39 is 47.5 Å². The molecule has 0 aliphatic rings. The average Bonchev–Trinajstić information content (AvgIpc) is 3.16. The second kappa shape index (κ2) is 29.4. The van der Waals surface area contributed by atoms with Crippen molar-refractivity contribution in [1.82, 2.24) is 10.6 Å². The smallest absolute Gasteiger partial charge is 0.408 e. The molecular formula is C52H86N2O8. The van der Waals surface area contributed by atoms with Gasteiger partial charge in [0, 0.05) is 0 Å². The largest absolute Gasteiger partial charge is 0.480 e. The Morgan fingerprint density at radius 3 is 1.32 bits per heavy atom. The molecule has 4 N–H and O–H groups in total. The van der Waals surface area contributed by atoms with Crippen molar-refractivity contribution in [2.75, 3.05) is 0 Å². The molecule has 0 fully saturated rings. The highest BCUT2D eigenvalue weighted by Crippen LogP contribution is 2.34. The van der Waals surface area contributed by atoms with Gasteiger partial charge in [0.2, 0.25) is 0 Å². The number of unbranched alkanes of at least 4 members (excludes halogenated alkanes) is 2. The van der Waals surface area contributed by atoms with Crippen molar-refractivity contribution in [3.05, 3.63) is 71.8 Å². The van der Waals surface area contributed by atoms with Crippen LogP contribution in [0.5, 0.6) is 0 Å². The molecular weight excluding hydrogens is 781 g/mol. The van der Waals surface area contributed by atoms with Crippen LogP contribution in [0.25, 0.3) is 0 Å². The molecule has 7 atom stereocenters. The Balaban J connectivity index is 0.000000620. The molecule has 0 spiro atoms. The van der Waals surface area contributed by atoms with E-state index in [1.807, 2.05) is 45.9 Å². The number of rotatable bonds is 26. The molecule has 10 nitrogen and oxygen atoms in total. The first-order valence-electron chi connectivity index (χ1n) is 23.5. The lowest BCUT2D eigenvalue weighted by Crippen LogP contribution is -2.43. The molecule has 0 saturated heterocycles. The molecule has 62 heavy (non-hydrogen) atoms. The second-order valence-corrected chi connectivity index (χ2v) is 19.7. The Kier molecular flexibility index (Phi) is 26.6. The van der Waals surface area contributed by atoms with Crippen molar-refractivity contribution >= 4 is 23.9 Å². The van der Waals surface area contributed by atoms with Gasteiger partial charge in [-0.2, -0.15) is 0 Å². The highest BCUT2D eigenvalue weighted by Gasteiger charge is 2.29. The maximum Gasteiger partial charge on any atom is 0.408 e. The van der Waals surface area contributed by atoms with Gasteiger partial charge in [-0.3, -0.25) is 4.79 Å². The lowest BCUT2D eigenvalue weighted by molar-refractivity contribution is -0.139. The molecule has 0 aliphatic carbocycles. The minimum absolute atomic E-state index is 0.0168. The number of nitrogens with one attached hydrogen (secondary N) is 2. The van der Waals surface area contributed by atoms with E-state index >= 15 is 0 Å². The van der Waals surface area contributed by atoms with Gasteiger partial charge in [-0.15, -0.1) is 0 Å². The van der Waals surface area contributed by atoms with Crippen molar-refractivity contribution in [3.8, 4) is 0 Å². The number of hydrogen-bond acceptors (Lipinski definition) is 7. The predicted molar refractivity (Wildman–Crippen MR) is 252 cm³/mol. The fraction of sp³-hybridized carbons (Fsp3) is 0.692. The van der Waals surface area contributed by atoms with Crippen molar-refractivity contribution in [2.45, 2.75) is 202 Å². The van der Waals surface area contributed by atoms with Crippen LogP contribution >= 0.6 is 0 Å². The van der Waals surface area contributed by atoms with Gasteiger partial charge in [-0.25, -0.2) is 14.4 Å². The predicted octanol–water partition coefficient (Wildman–Crippen LogP) is 12.1. The number of aliphatic hydroxyl groups is 1. The van der Waals surface area contributed by atoms with Crippen molar-refractivity contribution in [3.63, 3.8) is 0 Å². The van der Waals surface area contributed by atoms with Gasteiger partial charge in [-0.05, 0) is 147 Å². The number of Topliss-reactive ketones (excluding diaryl/α,β-unsaturated/α-hetero) is 1. The Morgan fingerprint density at radius 2 is 0.968 bits per heavy atom. The Morgan fingerprint density at radius 1 is 0.581 bits per heavy atom. The number of aliphatic carboxylic acids is 1. The lowest BCUT2D eigenvalue weighted by atomic mass is 9.74. The Labute approximate surface area is 376 Å². The van der Waals surface area contributed by atoms with Gasteiger partial charge in [-0.1, -0.05) is 127 Å². The molecule has 2 aromatic carbocycles. The first-order valence-corrected chi connectivity index (χ1v) is 23.5. The molecule has 0 unspecified atom stereocenters. The maximum atomic E-state index is 12.1. The van der Waals surface area contributed by atoms with Gasteiger partial charge in [0.05, 0.1) is 12.1 Å². The Hall–Kier alpha value is -3.92. The highest BCUT2D eigenvalue weighted by molar-refractivity contribution is 5.85. The first-order chi connectivity index (χ1) is 29.1. The van der Waals surface area contributed by atoms with Crippen molar-refractivity contribution in [1.29, 1.82) is 0 Å². The number of carboxylic acid groups (broad SMARTS) is 1. The van der Waals surface area contributed by atoms with Gasteiger partial charge >= 0.3 is 18.2 Å². The summed E-state index contributed by atoms with van der Waals surface area (Å²) < 4.78 is 10.5. The second-order valence-electron chi connectivity index (χ2n) is 19.7. The molecule has 2 aromatic rings. The minimum atomic E-state index is -1.07. The molecule has 0 heterocycles. The van der Waals surface area contributed by atoms with Gasteiger partial charge in [0.25, 0.3) is 0 Å². The van der Waals surface area contributed by atoms with Crippen LogP contribution in [0.4, 0.5) is 9.59 Å². The molecule has 0 aliphatic heterocycles. The number of benzene rings is 2. The highest BCUT2D eigenvalue weighted by atomic mass is 16.6. The minimum Gasteiger partial charge on any atom is -0.480 e. The summed E-state index contributed by atoms with van der Waals surface area (Å²) in [5, 5.41) is 25.2. The standard InChI is InChI=1S/C27H45NO3.C25H41NO5/c1-8-9-17-24(20(2)3)23(19-22-14-11-10-12-15-22)16-13-18-25(21(4)29)28-26(30)31-27(5,6)7;1-6-7-15-21(18(2)27)20(17-19-12-9-8-10-13-19)14-11-16-22(23(28)29)26-24(30)31-25(3,4)5/h10-12,14-15,20,23-25H,8-9,13,16-19H2,1-7H3,(H,28,30);8-10,12-13,18,20-22,27H,6-7,11,14-17H2,1-5H3,(H,26,30)(H,28,29)/t23-,24+,25+;18-,20+,21-,22-/m10/s1. The molecule has 2 rings (SSSR count). The number of carbonyl (C=O) groups excluding carboxylic acids is 3. The third kappa shape index (κ3) is 25.3. The van der Waals surface area contributed by atoms with Crippen molar-refractivity contribution < 1.29 is 38.9 Å². The van der Waals surface area contributed by atoms with E-state index in [2.05, 4.69) is 80.8 Å². The first kappa shape index (κ1) is 56.1. The summed E-state index contributed by atoms with van der Waals surface area (Å²) in [5.41, 5.74) is 1.34. The normalized spacial score (nSPS) is 15.1. The molecule has 0 radical (unpaired) electrons. The van der Waals surface area contributed by atoms with Crippen LogP contribution in [0.15, 0.2) is 60.7 Å². The summed E-state index contributed by atoms with van der Waals surface area (Å²) >= 11 is 0. The fourth-order valence-corrected chi connectivity index (χ4v) is 8.33. The molecule has 2 amide bonds. The maximum absolute atomic E-state index is 12.1. The number of carbonyl (C=O) groups is 4. The number of hydrogen-bond donors (Lipinski definition) is 4. The van der Waals surface area contributed by atoms with Crippen LogP contribution in [0.2, 0.25) is 0 Å². The molecule has 0 bridgehead atoms. The fourth-order valence-electron chi connectivity index (χ4n) is 8.33. The summed E-state index contributed by atoms with van der Waals surface area (Å²) in [6, 6.07) is 19.4. The summed E-state index contributed by atoms with van der Waals surface area (Å²) in [5.74, 6) is 1.18. The van der Waals surface area contributed by atoms with Gasteiger partial charge in [0.15, 0.2) is 5.78 Å². The van der Waals surface area contributed by atoms with Gasteiger partial charge < -0.3 is 30.3 Å². The van der Waals surface area contributed by atoms with Crippen LogP contribution in [0.1, 0.15) is 171 Å². The molecule has 0 saturated carbocycles. The van der Waals surface area contributed by atoms with Crippen LogP contribution in [-0.2, 0) is 31.9 Å². The third-order valence-corrected chi connectivity index (χ3v) is 11.5. The summed E-state index contributed by atoms with van der Waals surface area (Å²) in [7, 11) is 0. The van der Waals surface area contributed by atoms with E-state index in [1.54, 1.807) is 27.7 Å². The zero-order valence-electron chi connectivity index (χ0n) is 40.6. The SMILES string of the molecule is CCCC[C@@H](C(C)C)[C@H](CCC[C@H](NC(=O)OC(C)(C)C)C(C)=O)Cc1ccccc1.CCCC[C@H]([C@H](CCC[C@H](NC(=O)OC(C)(C)C)C(=O)O)Cc1ccccc1)[C@H](C)O. The van der Waals surface area contributed by atoms with Gasteiger partial charge in [0.1, 0.15) is 17.2 Å². The summed E-state index contributed by atoms with van der Waals surface area (Å²) in [6.45, 7) is 23.2. The van der Waals surface area contributed by atoms with E-state index in [4.69, 9.17) is 9.47 Å². The summed E-state index contributed by atoms with van der Waals surface area (Å²) in [6.07, 6.45) is 11.4. The average molecular weight is 867 g/mol. The lowest BCUT2D eigenvalue weighted by Gasteiger charge is -2.31. The van der Waals surface area contributed by atoms with E-state index in [0.717, 1.165) is 51.4 Å². The number of carboxylic acids is 1. The quantitative estimate of drug-likeness (QED) is 0.0729. The van der Waals surface area contributed by atoms with Crippen LogP contribution in [-0.4, -0.2) is 63.5 Å².